The number of hydrogen-bond acceptors (Lipinski definition) is 5. The van der Waals surface area contributed by atoms with Crippen LogP contribution in [0.5, 0.6) is 0 Å². The molecule has 5 nitrogen and oxygen atoms in total. The van der Waals surface area contributed by atoms with E-state index in [1.54, 1.807) is 0 Å². The van der Waals surface area contributed by atoms with Crippen molar-refractivity contribution in [2.75, 3.05) is 0 Å². The number of hydrogen-bond donors (Lipinski definition) is 2. The minimum absolute atomic E-state index is 0.302. The second kappa shape index (κ2) is 11.3. The highest BCUT2D eigenvalue weighted by Gasteiger charge is 2.30. The van der Waals surface area contributed by atoms with Crippen LogP contribution in [0.15, 0.2) is 178 Å². The second-order valence-corrected chi connectivity index (χ2v) is 14.2. The van der Waals surface area contributed by atoms with Gasteiger partial charge in [0.25, 0.3) is 0 Å². The van der Waals surface area contributed by atoms with Crippen LogP contribution >= 0.6 is 0 Å². The molecule has 2 aromatic heterocycles. The van der Waals surface area contributed by atoms with Gasteiger partial charge in [-0.25, -0.2) is 4.99 Å². The third-order valence-corrected chi connectivity index (χ3v) is 11.3. The van der Waals surface area contributed by atoms with E-state index in [-0.39, 0.29) is 6.17 Å². The first-order valence-corrected chi connectivity index (χ1v) is 18.4. The van der Waals surface area contributed by atoms with Gasteiger partial charge in [-0.15, -0.1) is 0 Å². The summed E-state index contributed by atoms with van der Waals surface area (Å²) in [6.07, 6.45) is -0.698. The summed E-state index contributed by atoms with van der Waals surface area (Å²) in [4.78, 5) is 5.59. The van der Waals surface area contributed by atoms with E-state index in [0.29, 0.717) is 0 Å². The van der Waals surface area contributed by atoms with Gasteiger partial charge >= 0.3 is 0 Å². The van der Waals surface area contributed by atoms with Crippen LogP contribution < -0.4 is 10.6 Å². The average Bonchev–Trinajstić information content (AvgIpc) is 3.82. The second-order valence-electron chi connectivity index (χ2n) is 14.2. The van der Waals surface area contributed by atoms with Gasteiger partial charge in [0.2, 0.25) is 0 Å². The molecule has 254 valence electrons. The lowest BCUT2D eigenvalue weighted by Crippen LogP contribution is -2.45. The lowest BCUT2D eigenvalue weighted by atomic mass is 9.88. The normalized spacial score (nSPS) is 16.3. The Morgan fingerprint density at radius 3 is 1.59 bits per heavy atom. The molecule has 0 saturated carbocycles. The van der Waals surface area contributed by atoms with E-state index in [1.807, 2.05) is 30.3 Å². The molecule has 9 aromatic carbocycles. The molecule has 2 unspecified atom stereocenters. The minimum atomic E-state index is -0.396. The first kappa shape index (κ1) is 29.6. The minimum Gasteiger partial charge on any atom is -0.456 e. The van der Waals surface area contributed by atoms with Crippen molar-refractivity contribution in [1.82, 2.24) is 10.6 Å². The van der Waals surface area contributed by atoms with E-state index < -0.39 is 6.17 Å². The standard InChI is InChI=1S/C49H31N3O2/c1-2-15-30-28(13-1)29-14-3-5-17-32(29)44-33-18-6-4-16-31(33)39(27-38(30)44)49-51-47(36-21-11-25-42-45(36)34-19-7-9-23-40(34)53-42)50-48(52-49)37-22-12-26-43-46(37)35-20-8-10-24-41(35)54-43/h1-27,47,49,51H,(H,50,52). The third-order valence-electron chi connectivity index (χ3n) is 11.3. The zero-order chi connectivity index (χ0) is 35.3. The lowest BCUT2D eigenvalue weighted by molar-refractivity contribution is 0.413. The topological polar surface area (TPSA) is 62.7 Å². The first-order chi connectivity index (χ1) is 26.8. The van der Waals surface area contributed by atoms with Crippen molar-refractivity contribution in [1.29, 1.82) is 0 Å². The van der Waals surface area contributed by atoms with Crippen LogP contribution in [0, 0.1) is 0 Å². The van der Waals surface area contributed by atoms with E-state index in [0.717, 1.165) is 66.4 Å². The number of para-hydroxylation sites is 2. The predicted molar refractivity (Wildman–Crippen MR) is 222 cm³/mol. The quantitative estimate of drug-likeness (QED) is 0.181. The van der Waals surface area contributed by atoms with E-state index >= 15 is 0 Å². The fourth-order valence-electron chi connectivity index (χ4n) is 9.05. The molecule has 11 aromatic rings. The van der Waals surface area contributed by atoms with E-state index in [1.165, 1.54) is 43.1 Å². The van der Waals surface area contributed by atoms with E-state index in [9.17, 15) is 0 Å². The van der Waals surface area contributed by atoms with Crippen LogP contribution in [0.3, 0.4) is 0 Å². The highest BCUT2D eigenvalue weighted by Crippen LogP contribution is 2.43. The van der Waals surface area contributed by atoms with Crippen LogP contribution in [0.4, 0.5) is 0 Å². The van der Waals surface area contributed by atoms with E-state index in [4.69, 9.17) is 13.8 Å². The molecule has 54 heavy (non-hydrogen) atoms. The Morgan fingerprint density at radius 2 is 0.889 bits per heavy atom. The first-order valence-electron chi connectivity index (χ1n) is 18.4. The van der Waals surface area contributed by atoms with Crippen molar-refractivity contribution in [2.24, 2.45) is 4.99 Å². The molecule has 0 amide bonds. The predicted octanol–water partition coefficient (Wildman–Crippen LogP) is 12.4. The van der Waals surface area contributed by atoms with Crippen molar-refractivity contribution in [3.63, 3.8) is 0 Å². The van der Waals surface area contributed by atoms with Crippen molar-refractivity contribution in [2.45, 2.75) is 12.3 Å². The largest absolute Gasteiger partial charge is 0.456 e. The summed E-state index contributed by atoms with van der Waals surface area (Å²) in [5.41, 5.74) is 6.64. The summed E-state index contributed by atoms with van der Waals surface area (Å²) in [6.45, 7) is 0. The van der Waals surface area contributed by atoms with Gasteiger partial charge in [0.15, 0.2) is 0 Å². The van der Waals surface area contributed by atoms with Crippen molar-refractivity contribution >= 4 is 92.8 Å². The van der Waals surface area contributed by atoms with Gasteiger partial charge in [0.1, 0.15) is 40.5 Å². The Bertz CT molecular complexity index is 3370. The fourth-order valence-corrected chi connectivity index (χ4v) is 9.05. The smallest absolute Gasteiger partial charge is 0.136 e. The lowest BCUT2D eigenvalue weighted by Gasteiger charge is -2.33. The Labute approximate surface area is 309 Å². The van der Waals surface area contributed by atoms with Crippen LogP contribution in [0.25, 0.3) is 87.0 Å². The maximum Gasteiger partial charge on any atom is 0.136 e. The summed E-state index contributed by atoms with van der Waals surface area (Å²) in [5.74, 6) is 0.804. The van der Waals surface area contributed by atoms with Gasteiger partial charge < -0.3 is 14.2 Å². The van der Waals surface area contributed by atoms with Crippen LogP contribution in [0.1, 0.15) is 29.0 Å². The molecule has 0 radical (unpaired) electrons. The monoisotopic (exact) mass is 693 g/mol. The SMILES string of the molecule is c1ccc2c(c1)oc1cccc(C3=NC(c4cc5c6ccccc6c6ccccc6c5c5ccccc45)NC(c4cccc5oc6ccccc6c45)N3)c12. The molecule has 0 aliphatic carbocycles. The summed E-state index contributed by atoms with van der Waals surface area (Å²) >= 11 is 0. The van der Waals surface area contributed by atoms with Gasteiger partial charge in [0, 0.05) is 32.7 Å². The Balaban J connectivity index is 1.16. The zero-order valence-corrected chi connectivity index (χ0v) is 29.0. The highest BCUT2D eigenvalue weighted by atomic mass is 16.3. The summed E-state index contributed by atoms with van der Waals surface area (Å²) in [6, 6.07) is 57.9. The van der Waals surface area contributed by atoms with Gasteiger partial charge in [-0.05, 0) is 79.0 Å². The highest BCUT2D eigenvalue weighted by molar-refractivity contribution is 6.32. The van der Waals surface area contributed by atoms with Crippen LogP contribution in [-0.2, 0) is 0 Å². The fraction of sp³-hybridized carbons (Fsp3) is 0.0408. The maximum atomic E-state index is 6.39. The zero-order valence-electron chi connectivity index (χ0n) is 29.0. The number of aliphatic imine (C=N–C) groups is 1. The number of benzene rings is 9. The van der Waals surface area contributed by atoms with Gasteiger partial charge in [-0.3, -0.25) is 5.32 Å². The summed E-state index contributed by atoms with van der Waals surface area (Å²) in [5, 5.41) is 22.0. The molecule has 3 heterocycles. The number of rotatable bonds is 3. The molecule has 0 saturated heterocycles. The maximum absolute atomic E-state index is 6.39. The molecule has 1 aliphatic heterocycles. The van der Waals surface area contributed by atoms with Gasteiger partial charge in [-0.2, -0.15) is 0 Å². The molecule has 1 aliphatic rings. The van der Waals surface area contributed by atoms with E-state index in [2.05, 4.69) is 144 Å². The Kier molecular flexibility index (Phi) is 6.18. The number of amidine groups is 1. The molecule has 0 spiro atoms. The molecule has 12 rings (SSSR count). The number of fused-ring (bicyclic) bond motifs is 14. The molecule has 5 heteroatoms. The van der Waals surface area contributed by atoms with Crippen molar-refractivity contribution in [3.05, 3.63) is 180 Å². The van der Waals surface area contributed by atoms with Crippen molar-refractivity contribution < 1.29 is 8.83 Å². The molecule has 0 bridgehead atoms. The molecular formula is C49H31N3O2. The average molecular weight is 694 g/mol. The van der Waals surface area contributed by atoms with Crippen LogP contribution in [-0.4, -0.2) is 5.84 Å². The van der Waals surface area contributed by atoms with Gasteiger partial charge in [-0.1, -0.05) is 133 Å². The molecular weight excluding hydrogens is 663 g/mol. The van der Waals surface area contributed by atoms with Crippen molar-refractivity contribution in [3.8, 4) is 0 Å². The Hall–Kier alpha value is -6.95. The molecule has 0 fully saturated rings. The summed E-state index contributed by atoms with van der Waals surface area (Å²) in [7, 11) is 0. The number of nitrogens with one attached hydrogen (secondary N) is 2. The Morgan fingerprint density at radius 1 is 0.389 bits per heavy atom. The van der Waals surface area contributed by atoms with Gasteiger partial charge in [0.05, 0.1) is 0 Å². The molecule has 2 atom stereocenters. The number of nitrogens with zero attached hydrogens (tertiary/aromatic N) is 1. The third kappa shape index (κ3) is 4.21. The number of furan rings is 2. The summed E-state index contributed by atoms with van der Waals surface area (Å²) < 4.78 is 12.8. The van der Waals surface area contributed by atoms with Crippen LogP contribution in [0.2, 0.25) is 0 Å². The molecule has 2 N–H and O–H groups in total.